The normalized spacial score (nSPS) is 18.9. The summed E-state index contributed by atoms with van der Waals surface area (Å²) in [6.45, 7) is 1.45. The minimum absolute atomic E-state index is 0.206. The molecule has 1 N–H and O–H groups in total. The second-order valence-electron chi connectivity index (χ2n) is 10.6. The van der Waals surface area contributed by atoms with E-state index in [1.807, 2.05) is 0 Å². The van der Waals surface area contributed by atoms with Crippen molar-refractivity contribution in [3.8, 4) is 0 Å². The Morgan fingerprint density at radius 1 is 0.979 bits per heavy atom. The Labute approximate surface area is 281 Å². The largest absolute Gasteiger partial charge is 0.462 e. The number of ether oxygens (including phenoxy) is 1. The van der Waals surface area contributed by atoms with Crippen LogP contribution in [0.15, 0.2) is 87.1 Å². The van der Waals surface area contributed by atoms with Crippen molar-refractivity contribution < 1.29 is 37.1 Å². The van der Waals surface area contributed by atoms with E-state index in [9.17, 15) is 37.1 Å². The van der Waals surface area contributed by atoms with Crippen molar-refractivity contribution in [1.29, 1.82) is 0 Å². The van der Waals surface area contributed by atoms with Gasteiger partial charge >= 0.3 is 17.0 Å². The molecular weight excluding hydrogens is 723 g/mol. The Bertz CT molecular complexity index is 1980. The van der Waals surface area contributed by atoms with Gasteiger partial charge in [-0.15, -0.1) is 0 Å². The van der Waals surface area contributed by atoms with Gasteiger partial charge in [-0.05, 0) is 61.0 Å². The van der Waals surface area contributed by atoms with Gasteiger partial charge in [0.2, 0.25) is 17.7 Å². The highest BCUT2D eigenvalue weighted by atomic mass is 79.9. The first-order valence-electron chi connectivity index (χ1n) is 14.2. The third-order valence-corrected chi connectivity index (χ3v) is 10.8. The summed E-state index contributed by atoms with van der Waals surface area (Å²) in [7, 11) is 0. The SMILES string of the molecule is CCOC(=O)c1ccc(NC(=O)Cn2c3c(sc2=O)C(c2cccc(Br)c2)C2C(=O)N(c4ccccc4C(F)(F)F)C(=O)C2S3)cc1. The quantitative estimate of drug-likeness (QED) is 0.174. The minimum Gasteiger partial charge on any atom is -0.462 e. The maximum atomic E-state index is 14.0. The van der Waals surface area contributed by atoms with Crippen LogP contribution in [0.5, 0.6) is 0 Å². The highest BCUT2D eigenvalue weighted by Crippen LogP contribution is 2.54. The lowest BCUT2D eigenvalue weighted by atomic mass is 9.83. The highest BCUT2D eigenvalue weighted by Gasteiger charge is 2.57. The van der Waals surface area contributed by atoms with Gasteiger partial charge in [0.25, 0.3) is 0 Å². The number of fused-ring (bicyclic) bond motifs is 2. The number of benzene rings is 3. The molecule has 0 radical (unpaired) electrons. The Kier molecular flexibility index (Phi) is 8.89. The summed E-state index contributed by atoms with van der Waals surface area (Å²) in [5.41, 5.74) is -0.465. The number of nitrogens with one attached hydrogen (secondary N) is 1. The molecule has 3 atom stereocenters. The first-order chi connectivity index (χ1) is 22.4. The summed E-state index contributed by atoms with van der Waals surface area (Å²) < 4.78 is 48.8. The zero-order valence-electron chi connectivity index (χ0n) is 24.2. The van der Waals surface area contributed by atoms with Crippen LogP contribution in [0.25, 0.3) is 0 Å². The van der Waals surface area contributed by atoms with Gasteiger partial charge < -0.3 is 10.1 Å². The molecule has 6 rings (SSSR count). The lowest BCUT2D eigenvalue weighted by molar-refractivity contribution is -0.137. The van der Waals surface area contributed by atoms with Crippen LogP contribution < -0.4 is 15.1 Å². The topological polar surface area (TPSA) is 115 Å². The van der Waals surface area contributed by atoms with E-state index in [1.54, 1.807) is 31.2 Å². The molecule has 15 heteroatoms. The van der Waals surface area contributed by atoms with Crippen LogP contribution >= 0.6 is 39.0 Å². The van der Waals surface area contributed by atoms with E-state index < -0.39 is 69.6 Å². The number of carbonyl (C=O) groups is 4. The number of hydrogen-bond donors (Lipinski definition) is 1. The van der Waals surface area contributed by atoms with Crippen LogP contribution in [0.4, 0.5) is 24.5 Å². The molecule has 0 bridgehead atoms. The van der Waals surface area contributed by atoms with Gasteiger partial charge in [-0.3, -0.25) is 23.7 Å². The first-order valence-corrected chi connectivity index (χ1v) is 16.6. The third kappa shape index (κ3) is 6.14. The van der Waals surface area contributed by atoms with E-state index in [2.05, 4.69) is 21.2 Å². The fourth-order valence-electron chi connectivity index (χ4n) is 5.71. The standard InChI is InChI=1S/C32H23BrF3N3O6S2/c1-2-45-30(43)16-10-12-19(13-11-16)37-22(40)15-38-29-26(47-31(38)44)23(17-6-5-7-18(33)14-17)24-25(46-29)28(42)39(27(24)41)21-9-4-3-8-20(21)32(34,35)36/h3-14,23-25H,2,15H2,1H3,(H,37,40). The number of anilines is 2. The van der Waals surface area contributed by atoms with Crippen molar-refractivity contribution in [2.24, 2.45) is 5.92 Å². The van der Waals surface area contributed by atoms with Crippen molar-refractivity contribution in [1.82, 2.24) is 4.57 Å². The molecule has 3 aromatic carbocycles. The van der Waals surface area contributed by atoms with E-state index in [0.717, 1.165) is 35.2 Å². The lowest BCUT2D eigenvalue weighted by Crippen LogP contribution is -2.33. The zero-order chi connectivity index (χ0) is 33.6. The number of imide groups is 1. The average molecular weight is 747 g/mol. The van der Waals surface area contributed by atoms with Crippen LogP contribution in [0.1, 0.15) is 39.2 Å². The summed E-state index contributed by atoms with van der Waals surface area (Å²) in [5.74, 6) is -4.72. The summed E-state index contributed by atoms with van der Waals surface area (Å²) in [4.78, 5) is 66.9. The average Bonchev–Trinajstić information content (AvgIpc) is 3.47. The van der Waals surface area contributed by atoms with E-state index in [0.29, 0.717) is 31.1 Å². The summed E-state index contributed by atoms with van der Waals surface area (Å²) in [5, 5.41) is 1.79. The molecule has 1 fully saturated rings. The molecule has 0 aliphatic carbocycles. The monoisotopic (exact) mass is 745 g/mol. The molecule has 9 nitrogen and oxygen atoms in total. The van der Waals surface area contributed by atoms with E-state index >= 15 is 0 Å². The molecule has 0 spiro atoms. The number of halogens is 4. The number of rotatable bonds is 7. The van der Waals surface area contributed by atoms with E-state index in [-0.39, 0.29) is 11.6 Å². The summed E-state index contributed by atoms with van der Waals surface area (Å²) in [6, 6.07) is 17.3. The minimum atomic E-state index is -4.83. The van der Waals surface area contributed by atoms with Gasteiger partial charge in [-0.25, -0.2) is 9.69 Å². The van der Waals surface area contributed by atoms with Crippen molar-refractivity contribution in [2.45, 2.75) is 35.8 Å². The highest BCUT2D eigenvalue weighted by molar-refractivity contribution is 9.10. The molecule has 242 valence electrons. The summed E-state index contributed by atoms with van der Waals surface area (Å²) in [6.07, 6.45) is -4.83. The number of aromatic nitrogens is 1. The Balaban J connectivity index is 1.36. The van der Waals surface area contributed by atoms with Crippen molar-refractivity contribution >= 4 is 74.1 Å². The molecule has 1 saturated heterocycles. The number of nitrogens with zero attached hydrogens (tertiary/aromatic N) is 2. The lowest BCUT2D eigenvalue weighted by Gasteiger charge is -2.30. The Morgan fingerprint density at radius 3 is 2.38 bits per heavy atom. The number of thiazole rings is 1. The molecule has 3 unspecified atom stereocenters. The van der Waals surface area contributed by atoms with E-state index in [4.69, 9.17) is 4.74 Å². The number of hydrogen-bond acceptors (Lipinski definition) is 8. The fraction of sp³-hybridized carbons (Fsp3) is 0.219. The van der Waals surface area contributed by atoms with Gasteiger partial charge in [0.15, 0.2) is 0 Å². The zero-order valence-corrected chi connectivity index (χ0v) is 27.5. The molecule has 4 aromatic rings. The van der Waals surface area contributed by atoms with Crippen molar-refractivity contribution in [3.05, 3.63) is 109 Å². The Morgan fingerprint density at radius 2 is 1.70 bits per heavy atom. The van der Waals surface area contributed by atoms with Gasteiger partial charge in [0.05, 0.1) is 34.4 Å². The van der Waals surface area contributed by atoms with Gasteiger partial charge in [0, 0.05) is 21.0 Å². The molecular formula is C32H23BrF3N3O6S2. The Hall–Kier alpha value is -4.21. The number of para-hydroxylation sites is 1. The second-order valence-corrected chi connectivity index (χ2v) is 13.6. The molecule has 47 heavy (non-hydrogen) atoms. The number of alkyl halides is 3. The van der Waals surface area contributed by atoms with Gasteiger partial charge in [0.1, 0.15) is 11.8 Å². The van der Waals surface area contributed by atoms with Crippen LogP contribution in [-0.4, -0.2) is 40.1 Å². The molecule has 3 amide bonds. The van der Waals surface area contributed by atoms with Crippen LogP contribution in [0.3, 0.4) is 0 Å². The number of esters is 1. The van der Waals surface area contributed by atoms with Gasteiger partial charge in [-0.1, -0.05) is 63.3 Å². The van der Waals surface area contributed by atoms with Crippen LogP contribution in [0.2, 0.25) is 0 Å². The molecule has 3 heterocycles. The number of thioether (sulfide) groups is 1. The number of amides is 3. The van der Waals surface area contributed by atoms with Gasteiger partial charge in [-0.2, -0.15) is 13.2 Å². The number of carbonyl (C=O) groups excluding carboxylic acids is 4. The van der Waals surface area contributed by atoms with Crippen LogP contribution in [0, 0.1) is 5.92 Å². The predicted octanol–water partition coefficient (Wildman–Crippen LogP) is 6.30. The van der Waals surface area contributed by atoms with E-state index in [1.165, 1.54) is 41.0 Å². The molecule has 1 aromatic heterocycles. The molecule has 2 aliphatic rings. The molecule has 2 aliphatic heterocycles. The molecule has 0 saturated carbocycles. The predicted molar refractivity (Wildman–Crippen MR) is 173 cm³/mol. The third-order valence-electron chi connectivity index (χ3n) is 7.69. The summed E-state index contributed by atoms with van der Waals surface area (Å²) >= 11 is 5.13. The second kappa shape index (κ2) is 12.8. The smallest absolute Gasteiger partial charge is 0.418 e. The maximum Gasteiger partial charge on any atom is 0.418 e. The van der Waals surface area contributed by atoms with Crippen molar-refractivity contribution in [3.63, 3.8) is 0 Å². The maximum absolute atomic E-state index is 14.0. The first kappa shape index (κ1) is 32.7. The van der Waals surface area contributed by atoms with Crippen LogP contribution in [-0.2, 0) is 31.8 Å². The van der Waals surface area contributed by atoms with Crippen molar-refractivity contribution in [2.75, 3.05) is 16.8 Å². The fourth-order valence-corrected chi connectivity index (χ4v) is 8.90.